The van der Waals surface area contributed by atoms with Crippen LogP contribution in [0.25, 0.3) is 22.0 Å². The fourth-order valence-corrected chi connectivity index (χ4v) is 3.18. The Balaban J connectivity index is 2.39. The van der Waals surface area contributed by atoms with Gasteiger partial charge in [0.2, 0.25) is 0 Å². The van der Waals surface area contributed by atoms with E-state index in [0.717, 1.165) is 37.8 Å². The molecule has 0 spiro atoms. The molecule has 0 aliphatic carbocycles. The van der Waals surface area contributed by atoms with Gasteiger partial charge in [0.15, 0.2) is 0 Å². The van der Waals surface area contributed by atoms with Crippen LogP contribution in [0.5, 0.6) is 0 Å². The molecule has 1 aromatic heterocycles. The SMILES string of the molecule is Cc1ccc(-c2c(CC(=O)O)c(C)nc3ccc(Br)cc23)cc1. The second-order valence-corrected chi connectivity index (χ2v) is 6.56. The summed E-state index contributed by atoms with van der Waals surface area (Å²) in [5.74, 6) is -0.849. The monoisotopic (exact) mass is 369 g/mol. The Kier molecular flexibility index (Phi) is 4.18. The number of hydrogen-bond donors (Lipinski definition) is 1. The Morgan fingerprint density at radius 3 is 2.48 bits per heavy atom. The summed E-state index contributed by atoms with van der Waals surface area (Å²) in [6, 6.07) is 14.1. The van der Waals surface area contributed by atoms with Crippen LogP contribution >= 0.6 is 15.9 Å². The van der Waals surface area contributed by atoms with E-state index in [0.29, 0.717) is 0 Å². The summed E-state index contributed by atoms with van der Waals surface area (Å²) in [7, 11) is 0. The van der Waals surface area contributed by atoms with Gasteiger partial charge in [-0.3, -0.25) is 9.78 Å². The molecule has 3 nitrogen and oxygen atoms in total. The third-order valence-electron chi connectivity index (χ3n) is 3.92. The van der Waals surface area contributed by atoms with Gasteiger partial charge >= 0.3 is 5.97 Å². The van der Waals surface area contributed by atoms with Crippen LogP contribution in [0.2, 0.25) is 0 Å². The van der Waals surface area contributed by atoms with Crippen molar-refractivity contribution >= 4 is 32.8 Å². The number of aromatic nitrogens is 1. The Bertz CT molecular complexity index is 901. The van der Waals surface area contributed by atoms with E-state index in [2.05, 4.69) is 20.9 Å². The number of hydrogen-bond acceptors (Lipinski definition) is 2. The molecule has 0 bridgehead atoms. The third kappa shape index (κ3) is 3.13. The molecule has 2 aromatic carbocycles. The third-order valence-corrected chi connectivity index (χ3v) is 4.42. The van der Waals surface area contributed by atoms with Gasteiger partial charge < -0.3 is 5.11 Å². The maximum atomic E-state index is 11.3. The van der Waals surface area contributed by atoms with E-state index in [1.807, 2.05) is 56.3 Å². The van der Waals surface area contributed by atoms with Crippen molar-refractivity contribution in [3.8, 4) is 11.1 Å². The summed E-state index contributed by atoms with van der Waals surface area (Å²) in [5.41, 5.74) is 5.54. The number of carboxylic acids is 1. The summed E-state index contributed by atoms with van der Waals surface area (Å²) in [5, 5.41) is 10.3. The second-order valence-electron chi connectivity index (χ2n) is 5.65. The van der Waals surface area contributed by atoms with E-state index >= 15 is 0 Å². The summed E-state index contributed by atoms with van der Waals surface area (Å²) in [4.78, 5) is 15.9. The van der Waals surface area contributed by atoms with Crippen LogP contribution in [0, 0.1) is 13.8 Å². The fraction of sp³-hybridized carbons (Fsp3) is 0.158. The standard InChI is InChI=1S/C19H16BrNO2/c1-11-3-5-13(6-4-11)19-15(10-18(22)23)12(2)21-17-8-7-14(20)9-16(17)19/h3-9H,10H2,1-2H3,(H,22,23). The summed E-state index contributed by atoms with van der Waals surface area (Å²) in [6.07, 6.45) is -0.0372. The van der Waals surface area contributed by atoms with Crippen molar-refractivity contribution in [1.82, 2.24) is 4.98 Å². The van der Waals surface area contributed by atoms with Crippen molar-refractivity contribution in [3.05, 3.63) is 63.8 Å². The number of aryl methyl sites for hydroxylation is 2. The zero-order valence-corrected chi connectivity index (χ0v) is 14.5. The Labute approximate surface area is 143 Å². The molecule has 116 valence electrons. The van der Waals surface area contributed by atoms with E-state index in [4.69, 9.17) is 0 Å². The van der Waals surface area contributed by atoms with Crippen LogP contribution in [-0.2, 0) is 11.2 Å². The highest BCUT2D eigenvalue weighted by atomic mass is 79.9. The molecule has 0 aliphatic heterocycles. The number of carbonyl (C=O) groups is 1. The van der Waals surface area contributed by atoms with Gasteiger partial charge in [0, 0.05) is 15.6 Å². The van der Waals surface area contributed by atoms with E-state index in [1.54, 1.807) is 0 Å². The molecule has 0 saturated heterocycles. The molecular formula is C19H16BrNO2. The molecule has 0 unspecified atom stereocenters. The average molecular weight is 370 g/mol. The molecule has 23 heavy (non-hydrogen) atoms. The first-order chi connectivity index (χ1) is 11.0. The zero-order valence-electron chi connectivity index (χ0n) is 12.9. The summed E-state index contributed by atoms with van der Waals surface area (Å²) < 4.78 is 0.949. The predicted octanol–water partition coefficient (Wildman–Crippen LogP) is 4.91. The lowest BCUT2D eigenvalue weighted by Gasteiger charge is -2.15. The van der Waals surface area contributed by atoms with Crippen LogP contribution in [0.15, 0.2) is 46.9 Å². The molecule has 0 aliphatic rings. The lowest BCUT2D eigenvalue weighted by Crippen LogP contribution is -2.06. The number of aliphatic carboxylic acids is 1. The van der Waals surface area contributed by atoms with Crippen molar-refractivity contribution < 1.29 is 9.90 Å². The Morgan fingerprint density at radius 2 is 1.83 bits per heavy atom. The molecule has 3 aromatic rings. The molecule has 0 fully saturated rings. The highest BCUT2D eigenvalue weighted by molar-refractivity contribution is 9.10. The summed E-state index contributed by atoms with van der Waals surface area (Å²) in [6.45, 7) is 3.91. The van der Waals surface area contributed by atoms with Gasteiger partial charge in [0.25, 0.3) is 0 Å². The Hall–Kier alpha value is -2.20. The molecular weight excluding hydrogens is 354 g/mol. The lowest BCUT2D eigenvalue weighted by atomic mass is 9.92. The zero-order chi connectivity index (χ0) is 16.6. The molecule has 0 saturated carbocycles. The smallest absolute Gasteiger partial charge is 0.307 e. The normalized spacial score (nSPS) is 10.9. The molecule has 0 atom stereocenters. The number of rotatable bonds is 3. The summed E-state index contributed by atoms with van der Waals surface area (Å²) >= 11 is 3.50. The maximum absolute atomic E-state index is 11.3. The number of halogens is 1. The molecule has 1 heterocycles. The van der Waals surface area contributed by atoms with Gasteiger partial charge in [0.05, 0.1) is 11.9 Å². The van der Waals surface area contributed by atoms with E-state index in [1.165, 1.54) is 5.56 Å². The average Bonchev–Trinajstić information content (AvgIpc) is 2.49. The minimum absolute atomic E-state index is 0.0372. The number of nitrogens with zero attached hydrogens (tertiary/aromatic N) is 1. The molecule has 0 amide bonds. The number of benzene rings is 2. The van der Waals surface area contributed by atoms with Crippen molar-refractivity contribution in [2.24, 2.45) is 0 Å². The first-order valence-corrected chi connectivity index (χ1v) is 8.12. The van der Waals surface area contributed by atoms with Crippen molar-refractivity contribution in [2.45, 2.75) is 20.3 Å². The number of pyridine rings is 1. The fourth-order valence-electron chi connectivity index (χ4n) is 2.82. The molecule has 1 N–H and O–H groups in total. The van der Waals surface area contributed by atoms with Crippen molar-refractivity contribution in [3.63, 3.8) is 0 Å². The maximum Gasteiger partial charge on any atom is 0.307 e. The topological polar surface area (TPSA) is 50.2 Å². The minimum atomic E-state index is -0.849. The van der Waals surface area contributed by atoms with E-state index in [9.17, 15) is 9.90 Å². The quantitative estimate of drug-likeness (QED) is 0.713. The van der Waals surface area contributed by atoms with E-state index in [-0.39, 0.29) is 6.42 Å². The van der Waals surface area contributed by atoms with Gasteiger partial charge in [-0.15, -0.1) is 0 Å². The van der Waals surface area contributed by atoms with Gasteiger partial charge in [-0.1, -0.05) is 45.8 Å². The highest BCUT2D eigenvalue weighted by Crippen LogP contribution is 2.35. The minimum Gasteiger partial charge on any atom is -0.481 e. The lowest BCUT2D eigenvalue weighted by molar-refractivity contribution is -0.136. The molecule has 4 heteroatoms. The Morgan fingerprint density at radius 1 is 1.13 bits per heavy atom. The van der Waals surface area contributed by atoms with Crippen molar-refractivity contribution in [2.75, 3.05) is 0 Å². The van der Waals surface area contributed by atoms with Crippen LogP contribution in [-0.4, -0.2) is 16.1 Å². The van der Waals surface area contributed by atoms with E-state index < -0.39 is 5.97 Å². The van der Waals surface area contributed by atoms with Crippen LogP contribution in [0.1, 0.15) is 16.8 Å². The van der Waals surface area contributed by atoms with Crippen molar-refractivity contribution in [1.29, 1.82) is 0 Å². The highest BCUT2D eigenvalue weighted by Gasteiger charge is 2.17. The van der Waals surface area contributed by atoms with Gasteiger partial charge in [-0.25, -0.2) is 0 Å². The first kappa shape index (κ1) is 15.7. The van der Waals surface area contributed by atoms with Gasteiger partial charge in [0.1, 0.15) is 0 Å². The molecule has 0 radical (unpaired) electrons. The largest absolute Gasteiger partial charge is 0.481 e. The van der Waals surface area contributed by atoms with Gasteiger partial charge in [-0.2, -0.15) is 0 Å². The first-order valence-electron chi connectivity index (χ1n) is 7.33. The van der Waals surface area contributed by atoms with Gasteiger partial charge in [-0.05, 0) is 48.7 Å². The van der Waals surface area contributed by atoms with Crippen LogP contribution in [0.3, 0.4) is 0 Å². The van der Waals surface area contributed by atoms with Crippen LogP contribution in [0.4, 0.5) is 0 Å². The predicted molar refractivity (Wildman–Crippen MR) is 95.7 cm³/mol. The van der Waals surface area contributed by atoms with Crippen LogP contribution < -0.4 is 0 Å². The second kappa shape index (κ2) is 6.13. The number of carboxylic acid groups (broad SMARTS) is 1. The molecule has 3 rings (SSSR count). The number of fused-ring (bicyclic) bond motifs is 1.